The van der Waals surface area contributed by atoms with Crippen molar-refractivity contribution < 1.29 is 13.2 Å². The van der Waals surface area contributed by atoms with Gasteiger partial charge < -0.3 is 5.32 Å². The van der Waals surface area contributed by atoms with Crippen LogP contribution in [0.5, 0.6) is 0 Å². The third-order valence-corrected chi connectivity index (χ3v) is 6.15. The van der Waals surface area contributed by atoms with Crippen LogP contribution in [0.3, 0.4) is 0 Å². The Kier molecular flexibility index (Phi) is 5.75. The molecule has 25 heavy (non-hydrogen) atoms. The van der Waals surface area contributed by atoms with Crippen LogP contribution in [0.4, 0.5) is 0 Å². The predicted molar refractivity (Wildman–Crippen MR) is 105 cm³/mol. The normalized spacial score (nSPS) is 15.6. The van der Waals surface area contributed by atoms with E-state index >= 15 is 0 Å². The minimum absolute atomic E-state index is 0.158. The van der Waals surface area contributed by atoms with E-state index in [1.165, 1.54) is 0 Å². The van der Waals surface area contributed by atoms with Crippen LogP contribution in [0.2, 0.25) is 0 Å². The van der Waals surface area contributed by atoms with Gasteiger partial charge in [0.15, 0.2) is 0 Å². The molecule has 2 N–H and O–H groups in total. The van der Waals surface area contributed by atoms with Gasteiger partial charge in [-0.3, -0.25) is 4.79 Å². The third-order valence-electron chi connectivity index (χ3n) is 3.94. The largest absolute Gasteiger partial charge is 0.352 e. The highest BCUT2D eigenvalue weighted by Crippen LogP contribution is 2.19. The van der Waals surface area contributed by atoms with E-state index in [0.717, 1.165) is 22.0 Å². The quantitative estimate of drug-likeness (QED) is 0.611. The van der Waals surface area contributed by atoms with E-state index in [-0.39, 0.29) is 16.8 Å². The summed E-state index contributed by atoms with van der Waals surface area (Å²) in [6.45, 7) is 0. The van der Waals surface area contributed by atoms with Gasteiger partial charge in [-0.05, 0) is 71.7 Å². The van der Waals surface area contributed by atoms with Gasteiger partial charge in [0.2, 0.25) is 15.9 Å². The second-order valence-corrected chi connectivity index (χ2v) is 9.06. The highest BCUT2D eigenvalue weighted by Gasteiger charge is 2.30. The van der Waals surface area contributed by atoms with Gasteiger partial charge in [0.25, 0.3) is 0 Å². The first-order valence-corrected chi connectivity index (χ1v) is 10.6. The summed E-state index contributed by atoms with van der Waals surface area (Å²) in [6.07, 6.45) is 2.21. The highest BCUT2D eigenvalue weighted by molar-refractivity contribution is 14.1. The lowest BCUT2D eigenvalue weighted by atomic mass is 10.1. The van der Waals surface area contributed by atoms with Crippen molar-refractivity contribution in [3.63, 3.8) is 0 Å². The zero-order valence-corrected chi connectivity index (χ0v) is 16.5. The average Bonchev–Trinajstić information content (AvgIpc) is 3.39. The van der Waals surface area contributed by atoms with Crippen LogP contribution in [-0.4, -0.2) is 26.4 Å². The van der Waals surface area contributed by atoms with Gasteiger partial charge in [-0.2, -0.15) is 4.72 Å². The smallest absolute Gasteiger partial charge is 0.241 e. The van der Waals surface area contributed by atoms with Crippen molar-refractivity contribution in [1.29, 1.82) is 0 Å². The van der Waals surface area contributed by atoms with Crippen LogP contribution in [0.1, 0.15) is 18.4 Å². The number of nitrogens with one attached hydrogen (secondary N) is 2. The Balaban J connectivity index is 1.80. The van der Waals surface area contributed by atoms with Crippen molar-refractivity contribution in [1.82, 2.24) is 10.0 Å². The summed E-state index contributed by atoms with van der Waals surface area (Å²) in [5, 5.41) is 2.89. The fourth-order valence-corrected chi connectivity index (χ4v) is 3.99. The van der Waals surface area contributed by atoms with Crippen molar-refractivity contribution in [2.75, 3.05) is 0 Å². The van der Waals surface area contributed by atoms with Crippen molar-refractivity contribution in [3.05, 3.63) is 63.7 Å². The summed E-state index contributed by atoms with van der Waals surface area (Å²) in [7, 11) is -3.77. The Morgan fingerprint density at radius 2 is 1.72 bits per heavy atom. The maximum Gasteiger partial charge on any atom is 0.241 e. The summed E-state index contributed by atoms with van der Waals surface area (Å²) < 4.78 is 28.8. The number of halogens is 1. The topological polar surface area (TPSA) is 75.3 Å². The zero-order chi connectivity index (χ0) is 17.9. The molecule has 1 saturated carbocycles. The third kappa shape index (κ3) is 5.26. The van der Waals surface area contributed by atoms with Crippen LogP contribution in [0, 0.1) is 3.57 Å². The molecule has 0 spiro atoms. The van der Waals surface area contributed by atoms with E-state index in [4.69, 9.17) is 0 Å². The SMILES string of the molecule is O=C(NC1CC1)[C@H](Cc1ccccc1)NS(=O)(=O)c1ccc(I)cc1. The number of benzene rings is 2. The molecule has 0 bridgehead atoms. The maximum absolute atomic E-state index is 12.7. The van der Waals surface area contributed by atoms with Crippen molar-refractivity contribution in [2.24, 2.45) is 0 Å². The molecule has 1 fully saturated rings. The lowest BCUT2D eigenvalue weighted by Gasteiger charge is -2.19. The second-order valence-electron chi connectivity index (χ2n) is 6.10. The molecule has 0 aromatic heterocycles. The van der Waals surface area contributed by atoms with Crippen LogP contribution < -0.4 is 10.0 Å². The number of carbonyl (C=O) groups excluding carboxylic acids is 1. The standard InChI is InChI=1S/C18H19IN2O3S/c19-14-6-10-16(11-7-14)25(23,24)21-17(18(22)20-15-8-9-15)12-13-4-2-1-3-5-13/h1-7,10-11,15,17,21H,8-9,12H2,(H,20,22)/t17-/m0/s1. The highest BCUT2D eigenvalue weighted by atomic mass is 127. The summed E-state index contributed by atoms with van der Waals surface area (Å²) in [5.74, 6) is -0.277. The van der Waals surface area contributed by atoms with Crippen LogP contribution in [0.25, 0.3) is 0 Å². The van der Waals surface area contributed by atoms with Gasteiger partial charge in [-0.1, -0.05) is 30.3 Å². The summed E-state index contributed by atoms with van der Waals surface area (Å²) >= 11 is 2.12. The van der Waals surface area contributed by atoms with Crippen molar-refractivity contribution >= 4 is 38.5 Å². The van der Waals surface area contributed by atoms with E-state index in [1.54, 1.807) is 24.3 Å². The molecular weight excluding hydrogens is 451 g/mol. The fourth-order valence-electron chi connectivity index (χ4n) is 2.44. The summed E-state index contributed by atoms with van der Waals surface area (Å²) in [4.78, 5) is 12.7. The molecule has 7 heteroatoms. The Morgan fingerprint density at radius 1 is 1.08 bits per heavy atom. The van der Waals surface area contributed by atoms with E-state index in [2.05, 4.69) is 32.6 Å². The molecule has 0 saturated heterocycles. The van der Waals surface area contributed by atoms with Crippen LogP contribution in [0.15, 0.2) is 59.5 Å². The van der Waals surface area contributed by atoms with E-state index in [9.17, 15) is 13.2 Å². The van der Waals surface area contributed by atoms with E-state index < -0.39 is 16.1 Å². The molecule has 132 valence electrons. The van der Waals surface area contributed by atoms with Gasteiger partial charge in [0, 0.05) is 9.61 Å². The molecule has 0 unspecified atom stereocenters. The molecule has 1 atom stereocenters. The first-order valence-electron chi connectivity index (χ1n) is 8.06. The second kappa shape index (κ2) is 7.84. The zero-order valence-electron chi connectivity index (χ0n) is 13.5. The molecule has 3 rings (SSSR count). The Bertz CT molecular complexity index is 834. The summed E-state index contributed by atoms with van der Waals surface area (Å²) in [6, 6.07) is 15.3. The van der Waals surface area contributed by atoms with Gasteiger partial charge in [-0.15, -0.1) is 0 Å². The van der Waals surface area contributed by atoms with Crippen molar-refractivity contribution in [3.8, 4) is 0 Å². The minimum Gasteiger partial charge on any atom is -0.352 e. The summed E-state index contributed by atoms with van der Waals surface area (Å²) in [5.41, 5.74) is 0.906. The van der Waals surface area contributed by atoms with E-state index in [1.807, 2.05) is 30.3 Å². The first kappa shape index (κ1) is 18.3. The number of hydrogen-bond donors (Lipinski definition) is 2. The number of rotatable bonds is 7. The van der Waals surface area contributed by atoms with Crippen LogP contribution in [-0.2, 0) is 21.2 Å². The Morgan fingerprint density at radius 3 is 2.32 bits per heavy atom. The number of hydrogen-bond acceptors (Lipinski definition) is 3. The lowest BCUT2D eigenvalue weighted by molar-refractivity contribution is -0.122. The molecule has 0 aliphatic heterocycles. The van der Waals surface area contributed by atoms with Gasteiger partial charge in [0.1, 0.15) is 6.04 Å². The lowest BCUT2D eigenvalue weighted by Crippen LogP contribution is -2.48. The van der Waals surface area contributed by atoms with Crippen LogP contribution >= 0.6 is 22.6 Å². The molecule has 0 heterocycles. The van der Waals surface area contributed by atoms with Gasteiger partial charge in [-0.25, -0.2) is 8.42 Å². The molecule has 5 nitrogen and oxygen atoms in total. The minimum atomic E-state index is -3.77. The Hall–Kier alpha value is -1.45. The number of carbonyl (C=O) groups is 1. The Labute approximate surface area is 161 Å². The average molecular weight is 470 g/mol. The maximum atomic E-state index is 12.7. The molecule has 2 aromatic carbocycles. The molecule has 0 radical (unpaired) electrons. The number of sulfonamides is 1. The molecule has 1 amide bonds. The molecular formula is C18H19IN2O3S. The van der Waals surface area contributed by atoms with Gasteiger partial charge >= 0.3 is 0 Å². The fraction of sp³-hybridized carbons (Fsp3) is 0.278. The van der Waals surface area contributed by atoms with Gasteiger partial charge in [0.05, 0.1) is 4.90 Å². The number of amides is 1. The molecule has 1 aliphatic rings. The monoisotopic (exact) mass is 470 g/mol. The first-order chi connectivity index (χ1) is 11.9. The predicted octanol–water partition coefficient (Wildman–Crippen LogP) is 2.46. The van der Waals surface area contributed by atoms with E-state index in [0.29, 0.717) is 6.42 Å². The molecule has 1 aliphatic carbocycles. The molecule has 2 aromatic rings. The van der Waals surface area contributed by atoms with Crippen molar-refractivity contribution in [2.45, 2.75) is 36.2 Å².